The summed E-state index contributed by atoms with van der Waals surface area (Å²) in [6.45, 7) is 11.7. The molecule has 3 amide bonds. The summed E-state index contributed by atoms with van der Waals surface area (Å²) in [4.78, 5) is 50.6. The summed E-state index contributed by atoms with van der Waals surface area (Å²) in [5, 5.41) is 51.3. The van der Waals surface area contributed by atoms with E-state index in [0.717, 1.165) is 0 Å². The van der Waals surface area contributed by atoms with E-state index in [4.69, 9.17) is 19.3 Å². The summed E-state index contributed by atoms with van der Waals surface area (Å²) in [5.41, 5.74) is 0.499. The van der Waals surface area contributed by atoms with Gasteiger partial charge in [0.25, 0.3) is 5.91 Å². The third-order valence-corrected chi connectivity index (χ3v) is 6.85. The molecular formula is C30H48N4O11. The lowest BCUT2D eigenvalue weighted by molar-refractivity contribution is -0.266. The predicted octanol–water partition coefficient (Wildman–Crippen LogP) is -0.853. The third-order valence-electron chi connectivity index (χ3n) is 6.85. The van der Waals surface area contributed by atoms with Gasteiger partial charge in [-0.2, -0.15) is 0 Å². The second-order valence-electron chi connectivity index (χ2n) is 11.9. The third kappa shape index (κ3) is 10.9. The molecular weight excluding hydrogens is 592 g/mol. The van der Waals surface area contributed by atoms with Crippen molar-refractivity contribution in [3.63, 3.8) is 0 Å². The average Bonchev–Trinajstić information content (AvgIpc) is 2.98. The summed E-state index contributed by atoms with van der Waals surface area (Å²) in [7, 11) is 0. The van der Waals surface area contributed by atoms with Crippen LogP contribution in [0.1, 0.15) is 54.0 Å². The molecule has 1 aromatic rings. The van der Waals surface area contributed by atoms with Crippen LogP contribution in [0.5, 0.6) is 5.75 Å². The fourth-order valence-corrected chi connectivity index (χ4v) is 4.28. The van der Waals surface area contributed by atoms with Crippen LogP contribution < -0.4 is 26.0 Å². The lowest BCUT2D eigenvalue weighted by Gasteiger charge is -2.39. The summed E-state index contributed by atoms with van der Waals surface area (Å²) in [5.74, 6) is -2.82. The Morgan fingerprint density at radius 3 is 2.18 bits per heavy atom. The Morgan fingerprint density at radius 1 is 0.933 bits per heavy atom. The molecule has 1 aliphatic heterocycles. The number of ether oxygens (including phenoxy) is 3. The number of nitrogens with one attached hydrogen (secondary N) is 4. The van der Waals surface area contributed by atoms with Gasteiger partial charge in [0.1, 0.15) is 36.7 Å². The van der Waals surface area contributed by atoms with Gasteiger partial charge in [0.05, 0.1) is 24.3 Å². The van der Waals surface area contributed by atoms with Crippen molar-refractivity contribution in [2.45, 2.75) is 104 Å². The number of anilines is 1. The minimum absolute atomic E-state index is 0.0302. The number of aliphatic hydroxyl groups is 4. The number of amides is 3. The molecule has 7 atom stereocenters. The molecule has 0 unspecified atom stereocenters. The Hall–Kier alpha value is -3.34. The van der Waals surface area contributed by atoms with Crippen molar-refractivity contribution in [2.75, 3.05) is 18.5 Å². The second kappa shape index (κ2) is 17.4. The highest BCUT2D eigenvalue weighted by atomic mass is 16.7. The van der Waals surface area contributed by atoms with E-state index < -0.39 is 60.6 Å². The van der Waals surface area contributed by atoms with Gasteiger partial charge in [-0.05, 0) is 30.5 Å². The van der Waals surface area contributed by atoms with Crippen molar-refractivity contribution in [3.8, 4) is 5.75 Å². The first kappa shape index (κ1) is 37.8. The Balaban J connectivity index is 2.33. The maximum absolute atomic E-state index is 13.2. The number of carbonyl (C=O) groups excluding carboxylic acids is 4. The fraction of sp³-hybridized carbons (Fsp3) is 0.667. The first-order chi connectivity index (χ1) is 21.1. The average molecular weight is 641 g/mol. The van der Waals surface area contributed by atoms with E-state index in [1.807, 2.05) is 27.7 Å². The van der Waals surface area contributed by atoms with Gasteiger partial charge in [0.2, 0.25) is 18.1 Å². The predicted molar refractivity (Wildman–Crippen MR) is 162 cm³/mol. The van der Waals surface area contributed by atoms with Crippen LogP contribution in [-0.2, 0) is 35.3 Å². The monoisotopic (exact) mass is 640 g/mol. The van der Waals surface area contributed by atoms with E-state index in [2.05, 4.69) is 21.3 Å². The van der Waals surface area contributed by atoms with Gasteiger partial charge in [-0.25, -0.2) is 0 Å². The van der Waals surface area contributed by atoms with Crippen molar-refractivity contribution >= 4 is 29.4 Å². The zero-order chi connectivity index (χ0) is 34.0. The quantitative estimate of drug-likeness (QED) is 0.110. The first-order valence-corrected chi connectivity index (χ1v) is 15.0. The molecule has 0 spiro atoms. The van der Waals surface area contributed by atoms with Gasteiger partial charge in [0.15, 0.2) is 6.10 Å². The van der Waals surface area contributed by atoms with Gasteiger partial charge >= 0.3 is 5.97 Å². The molecule has 0 bridgehead atoms. The highest BCUT2D eigenvalue weighted by Crippen LogP contribution is 2.31. The molecule has 1 aromatic carbocycles. The minimum Gasteiger partial charge on any atom is -0.461 e. The molecule has 254 valence electrons. The molecule has 15 nitrogen and oxygen atoms in total. The Morgan fingerprint density at radius 2 is 1.60 bits per heavy atom. The lowest BCUT2D eigenvalue weighted by atomic mass is 9.98. The summed E-state index contributed by atoms with van der Waals surface area (Å²) < 4.78 is 16.6. The van der Waals surface area contributed by atoms with Crippen LogP contribution in [0.15, 0.2) is 18.2 Å². The van der Waals surface area contributed by atoms with E-state index >= 15 is 0 Å². The van der Waals surface area contributed by atoms with Gasteiger partial charge in [-0.1, -0.05) is 47.6 Å². The zero-order valence-electron chi connectivity index (χ0n) is 26.8. The minimum atomic E-state index is -1.86. The number of hydrogen-bond acceptors (Lipinski definition) is 12. The largest absolute Gasteiger partial charge is 0.461 e. The van der Waals surface area contributed by atoms with Crippen LogP contribution in [0.3, 0.4) is 0 Å². The molecule has 1 fully saturated rings. The van der Waals surface area contributed by atoms with Gasteiger partial charge in [-0.15, -0.1) is 0 Å². The maximum atomic E-state index is 13.2. The highest BCUT2D eigenvalue weighted by molar-refractivity contribution is 5.98. The van der Waals surface area contributed by atoms with Gasteiger partial charge in [-0.3, -0.25) is 19.2 Å². The summed E-state index contributed by atoms with van der Waals surface area (Å²) in [6.07, 6.45) is -8.87. The Bertz CT molecular complexity index is 1160. The van der Waals surface area contributed by atoms with Crippen LogP contribution in [-0.4, -0.2) is 106 Å². The van der Waals surface area contributed by atoms with Crippen molar-refractivity contribution in [1.29, 1.82) is 0 Å². The van der Waals surface area contributed by atoms with Crippen LogP contribution in [0.25, 0.3) is 0 Å². The molecule has 8 N–H and O–H groups in total. The Kier molecular flexibility index (Phi) is 14.6. The van der Waals surface area contributed by atoms with E-state index in [-0.39, 0.29) is 55.0 Å². The normalized spacial score (nSPS) is 22.9. The Labute approximate surface area is 263 Å². The van der Waals surface area contributed by atoms with Crippen molar-refractivity contribution in [3.05, 3.63) is 23.8 Å². The van der Waals surface area contributed by atoms with E-state index in [1.165, 1.54) is 19.1 Å². The summed E-state index contributed by atoms with van der Waals surface area (Å²) in [6, 6.07) is 2.91. The van der Waals surface area contributed by atoms with Crippen molar-refractivity contribution in [1.82, 2.24) is 16.0 Å². The standard InChI is InChI=1S/C30H48N4O11/c1-14(2)21(32-16(5)6)27(40)33-17(7)26(39)34-19-9-8-18(13-43-29(42)15(3)4)12-20(19)44-30-24(38)22(36)23(37)25(45-30)28(41)31-10-11-35/h8-9,12,14-17,21-25,30,32,35-38H,10-11,13H2,1-7H3,(H,31,41)(H,33,40)(H,34,39)/t17-,21-,22-,23-,24+,25-,30+/m0/s1. The number of hydrogen-bond donors (Lipinski definition) is 8. The SMILES string of the molecule is CC(C)N[C@H](C(=O)N[C@@H](C)C(=O)Nc1ccc(COC(=O)C(C)C)cc1O[C@@H]1O[C@H](C(=O)NCCO)[C@@H](O)[C@H](O)[C@H]1O)C(C)C. The molecule has 0 saturated carbocycles. The maximum Gasteiger partial charge on any atom is 0.308 e. The molecule has 2 rings (SSSR count). The molecule has 1 aliphatic rings. The van der Waals surface area contributed by atoms with Crippen LogP contribution in [0.2, 0.25) is 0 Å². The lowest BCUT2D eigenvalue weighted by Crippen LogP contribution is -2.62. The van der Waals surface area contributed by atoms with Crippen LogP contribution in [0, 0.1) is 11.8 Å². The molecule has 0 radical (unpaired) electrons. The number of esters is 1. The smallest absolute Gasteiger partial charge is 0.308 e. The molecule has 0 aliphatic carbocycles. The molecule has 0 aromatic heterocycles. The van der Waals surface area contributed by atoms with Crippen LogP contribution in [0.4, 0.5) is 5.69 Å². The molecule has 45 heavy (non-hydrogen) atoms. The number of benzene rings is 1. The van der Waals surface area contributed by atoms with Gasteiger partial charge in [0, 0.05) is 12.6 Å². The zero-order valence-corrected chi connectivity index (χ0v) is 26.8. The summed E-state index contributed by atoms with van der Waals surface area (Å²) >= 11 is 0. The van der Waals surface area contributed by atoms with Crippen molar-refractivity contribution < 1.29 is 53.8 Å². The topological polar surface area (TPSA) is 225 Å². The number of aliphatic hydroxyl groups excluding tert-OH is 4. The van der Waals surface area contributed by atoms with Crippen LogP contribution >= 0.6 is 0 Å². The van der Waals surface area contributed by atoms with E-state index in [9.17, 15) is 34.5 Å². The molecule has 15 heteroatoms. The van der Waals surface area contributed by atoms with Gasteiger partial charge < -0.3 is 55.9 Å². The number of rotatable bonds is 15. The van der Waals surface area contributed by atoms with E-state index in [1.54, 1.807) is 19.9 Å². The first-order valence-electron chi connectivity index (χ1n) is 15.0. The molecule has 1 saturated heterocycles. The number of carbonyl (C=O) groups is 4. The van der Waals surface area contributed by atoms with Crippen molar-refractivity contribution in [2.24, 2.45) is 11.8 Å². The molecule has 1 heterocycles. The highest BCUT2D eigenvalue weighted by Gasteiger charge is 2.48. The van der Waals surface area contributed by atoms with E-state index in [0.29, 0.717) is 5.56 Å². The second-order valence-corrected chi connectivity index (χ2v) is 11.9. The fourth-order valence-electron chi connectivity index (χ4n) is 4.28.